The third-order valence-corrected chi connectivity index (χ3v) is 3.22. The van der Waals surface area contributed by atoms with Crippen molar-refractivity contribution in [1.29, 1.82) is 0 Å². The van der Waals surface area contributed by atoms with Crippen LogP contribution in [-0.2, 0) is 6.42 Å². The molecule has 1 atom stereocenters. The van der Waals surface area contributed by atoms with Gasteiger partial charge < -0.3 is 5.73 Å². The normalized spacial score (nSPS) is 12.4. The van der Waals surface area contributed by atoms with Crippen LogP contribution >= 0.6 is 0 Å². The molecule has 2 aromatic rings. The monoisotopic (exact) mass is 261 g/mol. The molecule has 0 aliphatic carbocycles. The summed E-state index contributed by atoms with van der Waals surface area (Å²) in [5.74, 6) is -0.903. The van der Waals surface area contributed by atoms with Crippen LogP contribution in [0.25, 0.3) is 0 Å². The molecule has 0 saturated heterocycles. The number of rotatable bonds is 4. The Morgan fingerprint density at radius 3 is 2.42 bits per heavy atom. The van der Waals surface area contributed by atoms with Crippen molar-refractivity contribution in [2.24, 2.45) is 5.73 Å². The number of nitrogens with two attached hydrogens (primary N) is 1. The molecule has 0 heterocycles. The van der Waals surface area contributed by atoms with Crippen molar-refractivity contribution >= 4 is 0 Å². The largest absolute Gasteiger partial charge is 0.324 e. The lowest BCUT2D eigenvalue weighted by Gasteiger charge is -2.13. The average molecular weight is 261 g/mol. The van der Waals surface area contributed by atoms with E-state index in [-0.39, 0.29) is 5.56 Å². The topological polar surface area (TPSA) is 26.0 Å². The van der Waals surface area contributed by atoms with E-state index >= 15 is 0 Å². The van der Waals surface area contributed by atoms with E-state index in [2.05, 4.69) is 0 Å². The molecule has 1 nitrogen and oxygen atoms in total. The Bertz CT molecular complexity index is 549. The van der Waals surface area contributed by atoms with Crippen LogP contribution in [0.5, 0.6) is 0 Å². The van der Waals surface area contributed by atoms with Crippen molar-refractivity contribution in [1.82, 2.24) is 0 Å². The number of hydrogen-bond donors (Lipinski definition) is 1. The van der Waals surface area contributed by atoms with Gasteiger partial charge in [0.15, 0.2) is 0 Å². The van der Waals surface area contributed by atoms with E-state index < -0.39 is 17.7 Å². The van der Waals surface area contributed by atoms with Gasteiger partial charge in [-0.25, -0.2) is 8.78 Å². The molecular weight excluding hydrogens is 244 g/mol. The summed E-state index contributed by atoms with van der Waals surface area (Å²) in [6.45, 7) is 2.03. The molecule has 100 valence electrons. The van der Waals surface area contributed by atoms with Crippen molar-refractivity contribution in [3.63, 3.8) is 0 Å². The van der Waals surface area contributed by atoms with Gasteiger partial charge in [-0.1, -0.05) is 29.8 Å². The van der Waals surface area contributed by atoms with Crippen LogP contribution in [0.4, 0.5) is 8.78 Å². The maximum atomic E-state index is 13.6. The lowest BCUT2D eigenvalue weighted by molar-refractivity contribution is 0.548. The molecule has 0 aromatic heterocycles. The number of aryl methyl sites for hydroxylation is 2. The first-order valence-electron chi connectivity index (χ1n) is 6.32. The Kier molecular flexibility index (Phi) is 4.27. The second-order valence-corrected chi connectivity index (χ2v) is 4.80. The van der Waals surface area contributed by atoms with E-state index in [0.717, 1.165) is 24.1 Å². The van der Waals surface area contributed by atoms with Crippen LogP contribution in [-0.4, -0.2) is 0 Å². The lowest BCUT2D eigenvalue weighted by atomic mass is 9.99. The highest BCUT2D eigenvalue weighted by atomic mass is 19.1. The van der Waals surface area contributed by atoms with Crippen molar-refractivity contribution in [3.8, 4) is 0 Å². The fourth-order valence-corrected chi connectivity index (χ4v) is 2.03. The predicted octanol–water partition coefficient (Wildman–Crippen LogP) is 3.91. The minimum Gasteiger partial charge on any atom is -0.324 e. The third-order valence-electron chi connectivity index (χ3n) is 3.22. The quantitative estimate of drug-likeness (QED) is 0.887. The fraction of sp³-hybridized carbons (Fsp3) is 0.250. The predicted molar refractivity (Wildman–Crippen MR) is 72.8 cm³/mol. The molecular formula is C16H17F2N. The zero-order valence-electron chi connectivity index (χ0n) is 10.9. The van der Waals surface area contributed by atoms with Gasteiger partial charge >= 0.3 is 0 Å². The molecule has 1 unspecified atom stereocenters. The summed E-state index contributed by atoms with van der Waals surface area (Å²) in [6, 6.07) is 11.0. The Hall–Kier alpha value is -1.74. The van der Waals surface area contributed by atoms with Crippen molar-refractivity contribution < 1.29 is 8.78 Å². The molecule has 0 radical (unpaired) electrons. The minimum atomic E-state index is -0.489. The van der Waals surface area contributed by atoms with Gasteiger partial charge in [0.25, 0.3) is 0 Å². The smallest absolute Gasteiger partial charge is 0.128 e. The molecule has 2 aromatic carbocycles. The molecule has 3 heteroatoms. The number of benzene rings is 2. The molecule has 0 aliphatic heterocycles. The van der Waals surface area contributed by atoms with E-state index in [1.165, 1.54) is 11.6 Å². The number of halogens is 2. The van der Waals surface area contributed by atoms with E-state index in [1.807, 2.05) is 31.2 Å². The summed E-state index contributed by atoms with van der Waals surface area (Å²) >= 11 is 0. The van der Waals surface area contributed by atoms with Crippen molar-refractivity contribution in [3.05, 3.63) is 70.8 Å². The third kappa shape index (κ3) is 3.61. The Balaban J connectivity index is 2.03. The zero-order chi connectivity index (χ0) is 13.8. The van der Waals surface area contributed by atoms with E-state index in [9.17, 15) is 8.78 Å². The van der Waals surface area contributed by atoms with E-state index in [1.54, 1.807) is 0 Å². The van der Waals surface area contributed by atoms with Crippen molar-refractivity contribution in [2.75, 3.05) is 0 Å². The molecule has 19 heavy (non-hydrogen) atoms. The highest BCUT2D eigenvalue weighted by Gasteiger charge is 2.12. The minimum absolute atomic E-state index is 0.243. The van der Waals surface area contributed by atoms with Crippen LogP contribution in [0, 0.1) is 18.6 Å². The summed E-state index contributed by atoms with van der Waals surface area (Å²) in [4.78, 5) is 0. The Labute approximate surface area is 112 Å². The standard InChI is InChI=1S/C16H17F2N/c1-11-2-4-12(5-3-11)6-9-16(19)14-10-13(17)7-8-15(14)18/h2-5,7-8,10,16H,6,9,19H2,1H3. The van der Waals surface area contributed by atoms with Crippen LogP contribution in [0.3, 0.4) is 0 Å². The Morgan fingerprint density at radius 2 is 1.74 bits per heavy atom. The van der Waals surface area contributed by atoms with Gasteiger partial charge in [0, 0.05) is 11.6 Å². The molecule has 2 rings (SSSR count). The molecule has 0 bridgehead atoms. The summed E-state index contributed by atoms with van der Waals surface area (Å²) in [7, 11) is 0. The summed E-state index contributed by atoms with van der Waals surface area (Å²) in [6.07, 6.45) is 1.33. The van der Waals surface area contributed by atoms with Crippen LogP contribution in [0.15, 0.2) is 42.5 Å². The van der Waals surface area contributed by atoms with Gasteiger partial charge in [-0.05, 0) is 43.5 Å². The van der Waals surface area contributed by atoms with E-state index in [0.29, 0.717) is 6.42 Å². The van der Waals surface area contributed by atoms with Gasteiger partial charge in [-0.15, -0.1) is 0 Å². The first-order valence-corrected chi connectivity index (χ1v) is 6.32. The van der Waals surface area contributed by atoms with Gasteiger partial charge in [-0.3, -0.25) is 0 Å². The first kappa shape index (κ1) is 13.7. The van der Waals surface area contributed by atoms with Gasteiger partial charge in [-0.2, -0.15) is 0 Å². The Morgan fingerprint density at radius 1 is 1.05 bits per heavy atom. The van der Waals surface area contributed by atoms with Gasteiger partial charge in [0.1, 0.15) is 11.6 Å². The number of hydrogen-bond acceptors (Lipinski definition) is 1. The van der Waals surface area contributed by atoms with Crippen LogP contribution < -0.4 is 5.73 Å². The average Bonchev–Trinajstić information content (AvgIpc) is 2.40. The molecule has 2 N–H and O–H groups in total. The molecule has 0 aliphatic rings. The molecule has 0 spiro atoms. The second-order valence-electron chi connectivity index (χ2n) is 4.80. The SMILES string of the molecule is Cc1ccc(CCC(N)c2cc(F)ccc2F)cc1. The first-order chi connectivity index (χ1) is 9.06. The zero-order valence-corrected chi connectivity index (χ0v) is 10.9. The summed E-state index contributed by atoms with van der Waals surface area (Å²) < 4.78 is 26.6. The van der Waals surface area contributed by atoms with Gasteiger partial charge in [0.2, 0.25) is 0 Å². The molecule has 0 fully saturated rings. The fourth-order valence-electron chi connectivity index (χ4n) is 2.03. The molecule has 0 amide bonds. The van der Waals surface area contributed by atoms with Crippen LogP contribution in [0.1, 0.15) is 29.2 Å². The van der Waals surface area contributed by atoms with Gasteiger partial charge in [0.05, 0.1) is 0 Å². The lowest BCUT2D eigenvalue weighted by Crippen LogP contribution is -2.13. The van der Waals surface area contributed by atoms with E-state index in [4.69, 9.17) is 5.73 Å². The maximum absolute atomic E-state index is 13.6. The molecule has 0 saturated carbocycles. The highest BCUT2D eigenvalue weighted by molar-refractivity contribution is 5.24. The van der Waals surface area contributed by atoms with Crippen molar-refractivity contribution in [2.45, 2.75) is 25.8 Å². The maximum Gasteiger partial charge on any atom is 0.128 e. The summed E-state index contributed by atoms with van der Waals surface area (Å²) in [5, 5.41) is 0. The second kappa shape index (κ2) is 5.93. The highest BCUT2D eigenvalue weighted by Crippen LogP contribution is 2.21. The summed E-state index contributed by atoms with van der Waals surface area (Å²) in [5.41, 5.74) is 8.53. The van der Waals surface area contributed by atoms with Crippen LogP contribution in [0.2, 0.25) is 0 Å².